The minimum atomic E-state index is -0.957. The van der Waals surface area contributed by atoms with Crippen LogP contribution in [0.3, 0.4) is 0 Å². The summed E-state index contributed by atoms with van der Waals surface area (Å²) in [5.41, 5.74) is 0.623. The van der Waals surface area contributed by atoms with Crippen molar-refractivity contribution in [3.63, 3.8) is 0 Å². The normalized spacial score (nSPS) is 10.3. The van der Waals surface area contributed by atoms with Gasteiger partial charge >= 0.3 is 5.97 Å². The van der Waals surface area contributed by atoms with E-state index in [1.807, 2.05) is 0 Å². The van der Waals surface area contributed by atoms with Gasteiger partial charge < -0.3 is 5.11 Å². The van der Waals surface area contributed by atoms with Gasteiger partial charge in [0.15, 0.2) is 0 Å². The van der Waals surface area contributed by atoms with Crippen molar-refractivity contribution in [1.29, 1.82) is 0 Å². The van der Waals surface area contributed by atoms with Gasteiger partial charge in [0, 0.05) is 0 Å². The average Bonchev–Trinajstić information content (AvgIpc) is 2.66. The molecular weight excluding hydrogens is 230 g/mol. The maximum absolute atomic E-state index is 10.6. The molecule has 0 saturated heterocycles. The Hall–Kier alpha value is -1.88. The molecule has 0 fully saturated rings. The van der Waals surface area contributed by atoms with Crippen molar-refractivity contribution in [2.45, 2.75) is 6.42 Å². The molecule has 0 saturated carbocycles. The van der Waals surface area contributed by atoms with Gasteiger partial charge in [0.1, 0.15) is 18.6 Å². The average molecular weight is 238 g/mol. The first-order chi connectivity index (χ1) is 7.68. The Balaban J connectivity index is 2.45. The predicted molar refractivity (Wildman–Crippen MR) is 57.7 cm³/mol. The molecule has 0 aliphatic carbocycles. The summed E-state index contributed by atoms with van der Waals surface area (Å²) in [6.07, 6.45) is 1.12. The number of carbonyl (C=O) groups is 1. The zero-order valence-corrected chi connectivity index (χ0v) is 8.92. The molecule has 1 aromatic carbocycles. The summed E-state index contributed by atoms with van der Waals surface area (Å²) in [7, 11) is 0. The summed E-state index contributed by atoms with van der Waals surface area (Å²) in [4.78, 5) is 14.5. The van der Waals surface area contributed by atoms with Crippen LogP contribution in [-0.4, -0.2) is 25.8 Å². The molecule has 0 aliphatic heterocycles. The van der Waals surface area contributed by atoms with Crippen molar-refractivity contribution in [2.24, 2.45) is 0 Å². The molecule has 2 aromatic rings. The van der Waals surface area contributed by atoms with Crippen molar-refractivity contribution in [3.05, 3.63) is 41.4 Å². The maximum atomic E-state index is 10.6. The highest BCUT2D eigenvalue weighted by Gasteiger charge is 2.12. The van der Waals surface area contributed by atoms with Gasteiger partial charge in [0.25, 0.3) is 0 Å². The Morgan fingerprint density at radius 1 is 1.44 bits per heavy atom. The Morgan fingerprint density at radius 3 is 2.88 bits per heavy atom. The number of benzene rings is 1. The fourth-order valence-corrected chi connectivity index (χ4v) is 1.56. The number of para-hydroxylation sites is 1. The van der Waals surface area contributed by atoms with Gasteiger partial charge in [0.05, 0.1) is 10.7 Å². The molecule has 0 amide bonds. The molecule has 0 spiro atoms. The molecule has 0 aliphatic rings. The third-order valence-corrected chi connectivity index (χ3v) is 2.33. The van der Waals surface area contributed by atoms with E-state index in [-0.39, 0.29) is 6.42 Å². The number of aromatic nitrogens is 3. The monoisotopic (exact) mass is 237 g/mol. The third-order valence-electron chi connectivity index (χ3n) is 2.01. The molecule has 0 radical (unpaired) electrons. The Morgan fingerprint density at radius 2 is 2.19 bits per heavy atom. The zero-order valence-electron chi connectivity index (χ0n) is 8.17. The SMILES string of the molecule is O=C(O)Cc1ncnn1-c1ccccc1Cl. The van der Waals surface area contributed by atoms with E-state index in [0.717, 1.165) is 0 Å². The van der Waals surface area contributed by atoms with Crippen LogP contribution >= 0.6 is 11.6 Å². The molecule has 0 bridgehead atoms. The second kappa shape index (κ2) is 4.32. The first-order valence-electron chi connectivity index (χ1n) is 4.54. The summed E-state index contributed by atoms with van der Waals surface area (Å²) in [6, 6.07) is 7.05. The van der Waals surface area contributed by atoms with Crippen LogP contribution in [0.2, 0.25) is 5.02 Å². The fourth-order valence-electron chi connectivity index (χ4n) is 1.35. The van der Waals surface area contributed by atoms with E-state index in [0.29, 0.717) is 16.5 Å². The van der Waals surface area contributed by atoms with Gasteiger partial charge in [-0.15, -0.1) is 0 Å². The lowest BCUT2D eigenvalue weighted by Crippen LogP contribution is -2.09. The molecule has 1 heterocycles. The summed E-state index contributed by atoms with van der Waals surface area (Å²) in [6.45, 7) is 0. The molecule has 16 heavy (non-hydrogen) atoms. The molecule has 0 unspecified atom stereocenters. The third kappa shape index (κ3) is 2.04. The number of carboxylic acid groups (broad SMARTS) is 1. The fraction of sp³-hybridized carbons (Fsp3) is 0.100. The standard InChI is InChI=1S/C10H8ClN3O2/c11-7-3-1-2-4-8(7)14-9(5-10(15)16)12-6-13-14/h1-4,6H,5H2,(H,15,16). The van der Waals surface area contributed by atoms with Crippen molar-refractivity contribution < 1.29 is 9.90 Å². The van der Waals surface area contributed by atoms with Crippen molar-refractivity contribution >= 4 is 17.6 Å². The van der Waals surface area contributed by atoms with Crippen LogP contribution in [0.1, 0.15) is 5.82 Å². The van der Waals surface area contributed by atoms with Gasteiger partial charge in [-0.1, -0.05) is 23.7 Å². The summed E-state index contributed by atoms with van der Waals surface area (Å²) >= 11 is 5.99. The van der Waals surface area contributed by atoms with Crippen molar-refractivity contribution in [1.82, 2.24) is 14.8 Å². The number of hydrogen-bond acceptors (Lipinski definition) is 3. The van der Waals surface area contributed by atoms with Gasteiger partial charge in [-0.3, -0.25) is 4.79 Å². The van der Waals surface area contributed by atoms with Gasteiger partial charge in [0.2, 0.25) is 0 Å². The minimum Gasteiger partial charge on any atom is -0.481 e. The van der Waals surface area contributed by atoms with Crippen LogP contribution in [0.5, 0.6) is 0 Å². The number of halogens is 1. The summed E-state index contributed by atoms with van der Waals surface area (Å²) < 4.78 is 1.43. The summed E-state index contributed by atoms with van der Waals surface area (Å²) in [5.74, 6) is -0.609. The zero-order chi connectivity index (χ0) is 11.5. The smallest absolute Gasteiger partial charge is 0.311 e. The second-order valence-corrected chi connectivity index (χ2v) is 3.52. The molecule has 6 heteroatoms. The molecule has 0 atom stereocenters. The van der Waals surface area contributed by atoms with Crippen LogP contribution in [-0.2, 0) is 11.2 Å². The van der Waals surface area contributed by atoms with Gasteiger partial charge in [-0.05, 0) is 12.1 Å². The number of hydrogen-bond donors (Lipinski definition) is 1. The highest BCUT2D eigenvalue weighted by Crippen LogP contribution is 2.19. The van der Waals surface area contributed by atoms with Crippen molar-refractivity contribution in [2.75, 3.05) is 0 Å². The van der Waals surface area contributed by atoms with E-state index in [9.17, 15) is 4.79 Å². The van der Waals surface area contributed by atoms with E-state index in [1.165, 1.54) is 11.0 Å². The Bertz CT molecular complexity index is 524. The van der Waals surface area contributed by atoms with Crippen LogP contribution in [0, 0.1) is 0 Å². The van der Waals surface area contributed by atoms with E-state index in [1.54, 1.807) is 24.3 Å². The minimum absolute atomic E-state index is 0.189. The van der Waals surface area contributed by atoms with Crippen molar-refractivity contribution in [3.8, 4) is 5.69 Å². The molecule has 1 N–H and O–H groups in total. The lowest BCUT2D eigenvalue weighted by Gasteiger charge is -2.05. The molecule has 5 nitrogen and oxygen atoms in total. The second-order valence-electron chi connectivity index (χ2n) is 3.11. The molecular formula is C10H8ClN3O2. The quantitative estimate of drug-likeness (QED) is 0.880. The van der Waals surface area contributed by atoms with E-state index in [2.05, 4.69) is 10.1 Å². The number of nitrogens with zero attached hydrogens (tertiary/aromatic N) is 3. The maximum Gasteiger partial charge on any atom is 0.311 e. The van der Waals surface area contributed by atoms with Crippen LogP contribution in [0.4, 0.5) is 0 Å². The first-order valence-corrected chi connectivity index (χ1v) is 4.92. The van der Waals surface area contributed by atoms with Gasteiger partial charge in [-0.2, -0.15) is 5.10 Å². The predicted octanol–water partition coefficient (Wildman–Crippen LogP) is 1.55. The Labute approximate surface area is 96.3 Å². The van der Waals surface area contributed by atoms with Crippen LogP contribution < -0.4 is 0 Å². The summed E-state index contributed by atoms with van der Waals surface area (Å²) in [5, 5.41) is 13.2. The lowest BCUT2D eigenvalue weighted by molar-refractivity contribution is -0.136. The number of aliphatic carboxylic acids is 1. The molecule has 1 aromatic heterocycles. The Kier molecular flexibility index (Phi) is 2.87. The van der Waals surface area contributed by atoms with Crippen LogP contribution in [0.25, 0.3) is 5.69 Å². The highest BCUT2D eigenvalue weighted by atomic mass is 35.5. The number of rotatable bonds is 3. The first kappa shape index (κ1) is 10.6. The highest BCUT2D eigenvalue weighted by molar-refractivity contribution is 6.32. The van der Waals surface area contributed by atoms with E-state index in [4.69, 9.17) is 16.7 Å². The number of carboxylic acids is 1. The van der Waals surface area contributed by atoms with Gasteiger partial charge in [-0.25, -0.2) is 9.67 Å². The lowest BCUT2D eigenvalue weighted by atomic mass is 10.3. The van der Waals surface area contributed by atoms with E-state index >= 15 is 0 Å². The van der Waals surface area contributed by atoms with E-state index < -0.39 is 5.97 Å². The largest absolute Gasteiger partial charge is 0.481 e. The topological polar surface area (TPSA) is 68.0 Å². The molecule has 2 rings (SSSR count). The molecule has 82 valence electrons. The van der Waals surface area contributed by atoms with Crippen LogP contribution in [0.15, 0.2) is 30.6 Å².